The van der Waals surface area contributed by atoms with E-state index in [9.17, 15) is 4.79 Å². The number of hydrogen-bond donors (Lipinski definition) is 0. The highest BCUT2D eigenvalue weighted by atomic mass is 35.5. The first-order valence-corrected chi connectivity index (χ1v) is 8.82. The molecule has 5 heteroatoms. The lowest BCUT2D eigenvalue weighted by molar-refractivity contribution is -0.118. The largest absolute Gasteiger partial charge is 0.370 e. The van der Waals surface area contributed by atoms with E-state index >= 15 is 0 Å². The van der Waals surface area contributed by atoms with Gasteiger partial charge in [0.2, 0.25) is 0 Å². The molecule has 1 unspecified atom stereocenters. The third-order valence-corrected chi connectivity index (χ3v) is 4.75. The van der Waals surface area contributed by atoms with Crippen LogP contribution in [0, 0.1) is 6.92 Å². The quantitative estimate of drug-likeness (QED) is 0.763. The van der Waals surface area contributed by atoms with Gasteiger partial charge in [0, 0.05) is 36.5 Å². The summed E-state index contributed by atoms with van der Waals surface area (Å²) in [4.78, 5) is 15.5. The molecule has 0 radical (unpaired) electrons. The average molecular weight is 359 g/mol. The summed E-state index contributed by atoms with van der Waals surface area (Å²) in [6.45, 7) is 4.85. The summed E-state index contributed by atoms with van der Waals surface area (Å²) in [5, 5.41) is 0.738. The minimum Gasteiger partial charge on any atom is -0.370 e. The summed E-state index contributed by atoms with van der Waals surface area (Å²) in [7, 11) is 2.07. The molecule has 3 rings (SSSR count). The number of anilines is 2. The molecule has 0 saturated carbocycles. The van der Waals surface area contributed by atoms with Crippen LogP contribution in [0.15, 0.2) is 42.5 Å². The Kier molecular flexibility index (Phi) is 5.61. The SMILES string of the molecule is Cc1ccc(N2CCOC(C=O)C2)c(CN(C)c2ccc(Cl)cc2)c1. The summed E-state index contributed by atoms with van der Waals surface area (Å²) in [6, 6.07) is 14.3. The Labute approximate surface area is 154 Å². The van der Waals surface area contributed by atoms with Gasteiger partial charge in [0.05, 0.1) is 13.2 Å². The van der Waals surface area contributed by atoms with Crippen LogP contribution in [0.1, 0.15) is 11.1 Å². The molecule has 0 aliphatic carbocycles. The van der Waals surface area contributed by atoms with Gasteiger partial charge in [-0.15, -0.1) is 0 Å². The van der Waals surface area contributed by atoms with E-state index in [4.69, 9.17) is 16.3 Å². The van der Waals surface area contributed by atoms with Gasteiger partial charge in [-0.05, 0) is 42.8 Å². The number of morpholine rings is 1. The highest BCUT2D eigenvalue weighted by Gasteiger charge is 2.22. The number of halogens is 1. The topological polar surface area (TPSA) is 32.8 Å². The number of aryl methyl sites for hydroxylation is 1. The van der Waals surface area contributed by atoms with E-state index in [2.05, 4.69) is 42.0 Å². The van der Waals surface area contributed by atoms with Gasteiger partial charge >= 0.3 is 0 Å². The Morgan fingerprint density at radius 2 is 2.04 bits per heavy atom. The lowest BCUT2D eigenvalue weighted by Crippen LogP contribution is -2.43. The Bertz CT molecular complexity index is 733. The maximum Gasteiger partial charge on any atom is 0.150 e. The molecule has 1 atom stereocenters. The lowest BCUT2D eigenvalue weighted by Gasteiger charge is -2.34. The van der Waals surface area contributed by atoms with Crippen LogP contribution in [0.5, 0.6) is 0 Å². The number of aldehydes is 1. The number of carbonyl (C=O) groups is 1. The maximum atomic E-state index is 11.1. The number of benzene rings is 2. The van der Waals surface area contributed by atoms with Crippen molar-refractivity contribution in [2.45, 2.75) is 19.6 Å². The van der Waals surface area contributed by atoms with Gasteiger partial charge in [-0.2, -0.15) is 0 Å². The Hall–Kier alpha value is -2.04. The fourth-order valence-electron chi connectivity index (χ4n) is 3.17. The van der Waals surface area contributed by atoms with Gasteiger partial charge in [0.1, 0.15) is 6.10 Å². The van der Waals surface area contributed by atoms with E-state index in [-0.39, 0.29) is 6.10 Å². The van der Waals surface area contributed by atoms with E-state index in [1.807, 2.05) is 24.3 Å². The molecule has 1 aliphatic rings. The molecule has 132 valence electrons. The molecule has 1 fully saturated rings. The first kappa shape index (κ1) is 17.8. The van der Waals surface area contributed by atoms with E-state index in [0.29, 0.717) is 13.2 Å². The van der Waals surface area contributed by atoms with Crippen LogP contribution in [0.2, 0.25) is 5.02 Å². The van der Waals surface area contributed by atoms with E-state index in [1.165, 1.54) is 16.8 Å². The Morgan fingerprint density at radius 1 is 1.28 bits per heavy atom. The number of carbonyl (C=O) groups excluding carboxylic acids is 1. The van der Waals surface area contributed by atoms with Crippen molar-refractivity contribution in [1.29, 1.82) is 0 Å². The highest BCUT2D eigenvalue weighted by molar-refractivity contribution is 6.30. The zero-order chi connectivity index (χ0) is 17.8. The van der Waals surface area contributed by atoms with Crippen molar-refractivity contribution in [3.05, 3.63) is 58.6 Å². The highest BCUT2D eigenvalue weighted by Crippen LogP contribution is 2.27. The summed E-state index contributed by atoms with van der Waals surface area (Å²) >= 11 is 5.99. The van der Waals surface area contributed by atoms with Crippen molar-refractivity contribution in [3.63, 3.8) is 0 Å². The molecule has 25 heavy (non-hydrogen) atoms. The van der Waals surface area contributed by atoms with Crippen molar-refractivity contribution < 1.29 is 9.53 Å². The third-order valence-electron chi connectivity index (χ3n) is 4.50. The second-order valence-electron chi connectivity index (χ2n) is 6.46. The molecule has 2 aromatic rings. The molecule has 0 N–H and O–H groups in total. The zero-order valence-corrected chi connectivity index (χ0v) is 15.4. The van der Waals surface area contributed by atoms with Gasteiger partial charge in [-0.25, -0.2) is 0 Å². The van der Waals surface area contributed by atoms with Crippen LogP contribution in [-0.2, 0) is 16.1 Å². The van der Waals surface area contributed by atoms with Crippen molar-refractivity contribution in [2.24, 2.45) is 0 Å². The normalized spacial score (nSPS) is 17.4. The molecule has 1 aliphatic heterocycles. The van der Waals surface area contributed by atoms with Gasteiger partial charge in [0.25, 0.3) is 0 Å². The van der Waals surface area contributed by atoms with Crippen LogP contribution in [0.4, 0.5) is 11.4 Å². The van der Waals surface area contributed by atoms with E-state index in [0.717, 1.165) is 30.1 Å². The van der Waals surface area contributed by atoms with Crippen molar-refractivity contribution in [2.75, 3.05) is 36.5 Å². The standard InChI is InChI=1S/C20H23ClN2O2/c1-15-3-8-20(23-9-10-25-19(13-23)14-24)16(11-15)12-22(2)18-6-4-17(21)5-7-18/h3-8,11,14,19H,9-10,12-13H2,1-2H3. The molecular formula is C20H23ClN2O2. The molecule has 0 spiro atoms. The second-order valence-corrected chi connectivity index (χ2v) is 6.89. The first-order chi connectivity index (χ1) is 12.1. The van der Waals surface area contributed by atoms with Crippen LogP contribution in [0.3, 0.4) is 0 Å². The van der Waals surface area contributed by atoms with Gasteiger partial charge in [-0.3, -0.25) is 0 Å². The molecule has 0 aromatic heterocycles. The lowest BCUT2D eigenvalue weighted by atomic mass is 10.1. The minimum absolute atomic E-state index is 0.350. The molecule has 1 heterocycles. The first-order valence-electron chi connectivity index (χ1n) is 8.45. The fraction of sp³-hybridized carbons (Fsp3) is 0.350. The fourth-order valence-corrected chi connectivity index (χ4v) is 3.29. The second kappa shape index (κ2) is 7.89. The average Bonchev–Trinajstić information content (AvgIpc) is 2.62. The van der Waals surface area contributed by atoms with Crippen molar-refractivity contribution in [1.82, 2.24) is 0 Å². The van der Waals surface area contributed by atoms with Crippen molar-refractivity contribution >= 4 is 29.3 Å². The predicted octanol–water partition coefficient (Wildman–Crippen LogP) is 3.69. The van der Waals surface area contributed by atoms with Gasteiger partial charge < -0.3 is 19.3 Å². The summed E-state index contributed by atoms with van der Waals surface area (Å²) in [6.07, 6.45) is 0.539. The zero-order valence-electron chi connectivity index (χ0n) is 14.6. The van der Waals surface area contributed by atoms with Crippen LogP contribution >= 0.6 is 11.6 Å². The molecule has 1 saturated heterocycles. The van der Waals surface area contributed by atoms with Crippen LogP contribution in [-0.4, -0.2) is 39.1 Å². The minimum atomic E-state index is -0.350. The monoisotopic (exact) mass is 358 g/mol. The summed E-state index contributed by atoms with van der Waals surface area (Å²) < 4.78 is 5.47. The van der Waals surface area contributed by atoms with Crippen LogP contribution < -0.4 is 9.80 Å². The van der Waals surface area contributed by atoms with Gasteiger partial charge in [0.15, 0.2) is 6.29 Å². The summed E-state index contributed by atoms with van der Waals surface area (Å²) in [5.41, 5.74) is 4.75. The number of nitrogens with zero attached hydrogens (tertiary/aromatic N) is 2. The molecule has 4 nitrogen and oxygen atoms in total. The molecule has 0 bridgehead atoms. The van der Waals surface area contributed by atoms with E-state index < -0.39 is 0 Å². The molecule has 0 amide bonds. The van der Waals surface area contributed by atoms with E-state index in [1.54, 1.807) is 0 Å². The van der Waals surface area contributed by atoms with Crippen LogP contribution in [0.25, 0.3) is 0 Å². The maximum absolute atomic E-state index is 11.1. The van der Waals surface area contributed by atoms with Crippen molar-refractivity contribution in [3.8, 4) is 0 Å². The number of ether oxygens (including phenoxy) is 1. The number of hydrogen-bond acceptors (Lipinski definition) is 4. The number of rotatable bonds is 5. The third kappa shape index (κ3) is 4.33. The predicted molar refractivity (Wildman–Crippen MR) is 103 cm³/mol. The smallest absolute Gasteiger partial charge is 0.150 e. The molecule has 2 aromatic carbocycles. The van der Waals surface area contributed by atoms with Gasteiger partial charge in [-0.1, -0.05) is 29.3 Å². The molecular weight excluding hydrogens is 336 g/mol. The Morgan fingerprint density at radius 3 is 2.76 bits per heavy atom. The Balaban J connectivity index is 1.83. The summed E-state index contributed by atoms with van der Waals surface area (Å²) in [5.74, 6) is 0.